The summed E-state index contributed by atoms with van der Waals surface area (Å²) in [6.07, 6.45) is 0.750. The largest absolute Gasteiger partial charge is 0.464 e. The van der Waals surface area contributed by atoms with Crippen molar-refractivity contribution in [1.82, 2.24) is 0 Å². The van der Waals surface area contributed by atoms with Crippen LogP contribution in [0.2, 0.25) is 0 Å². The van der Waals surface area contributed by atoms with E-state index in [-0.39, 0.29) is 48.2 Å². The third-order valence-corrected chi connectivity index (χ3v) is 5.02. The van der Waals surface area contributed by atoms with E-state index in [1.807, 2.05) is 90.0 Å². The number of carbonyl (C=O) groups excluding carboxylic acids is 1. The molecule has 0 saturated carbocycles. The molecule has 0 spiro atoms. The predicted octanol–water partition coefficient (Wildman–Crippen LogP) is 6.19. The molecular weight excluding hydrogens is 420 g/mol. The van der Waals surface area contributed by atoms with Crippen LogP contribution in [0.5, 0.6) is 0 Å². The van der Waals surface area contributed by atoms with Crippen molar-refractivity contribution >= 4 is 5.97 Å². The van der Waals surface area contributed by atoms with Gasteiger partial charge in [-0.05, 0) is 96.4 Å². The number of esters is 1. The molecule has 0 aliphatic heterocycles. The lowest BCUT2D eigenvalue weighted by Crippen LogP contribution is -2.46. The molecule has 6 nitrogen and oxygen atoms in total. The van der Waals surface area contributed by atoms with E-state index in [1.54, 1.807) is 0 Å². The SMILES string of the molecule is CCC(COC(=O)C(C)(COC(C)(C)C)COC(C)(C)C)(COC(C)(C)C)COC(C)(C)C. The second-order valence-electron chi connectivity index (χ2n) is 13.6. The van der Waals surface area contributed by atoms with Gasteiger partial charge in [-0.2, -0.15) is 0 Å². The highest BCUT2D eigenvalue weighted by atomic mass is 16.6. The molecule has 0 rings (SSSR count). The Balaban J connectivity index is 5.63. The maximum atomic E-state index is 13.4. The van der Waals surface area contributed by atoms with Crippen LogP contribution < -0.4 is 0 Å². The van der Waals surface area contributed by atoms with Gasteiger partial charge in [0.15, 0.2) is 0 Å². The first-order chi connectivity index (χ1) is 14.5. The van der Waals surface area contributed by atoms with Crippen LogP contribution in [0.25, 0.3) is 0 Å². The molecule has 0 N–H and O–H groups in total. The van der Waals surface area contributed by atoms with Crippen molar-refractivity contribution in [3.8, 4) is 0 Å². The third kappa shape index (κ3) is 15.0. The Morgan fingerprint density at radius 2 is 0.818 bits per heavy atom. The van der Waals surface area contributed by atoms with Gasteiger partial charge in [0.2, 0.25) is 0 Å². The van der Waals surface area contributed by atoms with E-state index in [9.17, 15) is 4.79 Å². The van der Waals surface area contributed by atoms with Crippen LogP contribution in [-0.2, 0) is 28.5 Å². The topological polar surface area (TPSA) is 63.2 Å². The molecule has 33 heavy (non-hydrogen) atoms. The Bertz CT molecular complexity index is 548. The molecular formula is C27H54O6. The van der Waals surface area contributed by atoms with Crippen molar-refractivity contribution in [3.05, 3.63) is 0 Å². The van der Waals surface area contributed by atoms with Crippen molar-refractivity contribution < 1.29 is 28.5 Å². The molecule has 0 aromatic carbocycles. The van der Waals surface area contributed by atoms with Crippen LogP contribution >= 0.6 is 0 Å². The molecule has 0 amide bonds. The van der Waals surface area contributed by atoms with Gasteiger partial charge in [0.25, 0.3) is 0 Å². The zero-order chi connectivity index (χ0) is 26.4. The molecule has 0 aromatic rings. The van der Waals surface area contributed by atoms with Gasteiger partial charge in [0, 0.05) is 0 Å². The summed E-state index contributed by atoms with van der Waals surface area (Å²) >= 11 is 0. The van der Waals surface area contributed by atoms with Crippen molar-refractivity contribution in [2.24, 2.45) is 10.8 Å². The Morgan fingerprint density at radius 1 is 0.515 bits per heavy atom. The molecule has 0 radical (unpaired) electrons. The number of hydrogen-bond acceptors (Lipinski definition) is 6. The molecule has 198 valence electrons. The van der Waals surface area contributed by atoms with Crippen LogP contribution in [0, 0.1) is 10.8 Å². The molecule has 0 unspecified atom stereocenters. The fraction of sp³-hybridized carbons (Fsp3) is 0.963. The maximum absolute atomic E-state index is 13.4. The smallest absolute Gasteiger partial charge is 0.316 e. The van der Waals surface area contributed by atoms with Gasteiger partial charge >= 0.3 is 5.97 Å². The number of hydrogen-bond donors (Lipinski definition) is 0. The van der Waals surface area contributed by atoms with E-state index in [0.29, 0.717) is 13.2 Å². The lowest BCUT2D eigenvalue weighted by Gasteiger charge is -2.38. The predicted molar refractivity (Wildman–Crippen MR) is 135 cm³/mol. The fourth-order valence-electron chi connectivity index (χ4n) is 2.47. The minimum atomic E-state index is -0.935. The highest BCUT2D eigenvalue weighted by molar-refractivity contribution is 5.76. The van der Waals surface area contributed by atoms with Crippen molar-refractivity contribution in [1.29, 1.82) is 0 Å². The molecule has 0 aliphatic rings. The first-order valence-corrected chi connectivity index (χ1v) is 12.2. The monoisotopic (exact) mass is 474 g/mol. The van der Waals surface area contributed by atoms with Gasteiger partial charge in [-0.25, -0.2) is 0 Å². The van der Waals surface area contributed by atoms with Crippen LogP contribution in [0.3, 0.4) is 0 Å². The van der Waals surface area contributed by atoms with Gasteiger partial charge in [0.1, 0.15) is 12.0 Å². The van der Waals surface area contributed by atoms with Gasteiger partial charge in [0.05, 0.1) is 54.2 Å². The average Bonchev–Trinajstić information content (AvgIpc) is 2.61. The summed E-state index contributed by atoms with van der Waals surface area (Å²) in [7, 11) is 0. The van der Waals surface area contributed by atoms with Gasteiger partial charge in [-0.15, -0.1) is 0 Å². The maximum Gasteiger partial charge on any atom is 0.316 e. The minimum absolute atomic E-state index is 0.203. The first kappa shape index (κ1) is 32.3. The van der Waals surface area contributed by atoms with Crippen molar-refractivity contribution in [2.45, 2.75) is 126 Å². The van der Waals surface area contributed by atoms with Crippen LogP contribution in [0.15, 0.2) is 0 Å². The Kier molecular flexibility index (Phi) is 11.6. The summed E-state index contributed by atoms with van der Waals surface area (Å²) < 4.78 is 30.2. The van der Waals surface area contributed by atoms with Gasteiger partial charge < -0.3 is 23.7 Å². The summed E-state index contributed by atoms with van der Waals surface area (Å²) in [6.45, 7) is 29.4. The lowest BCUT2D eigenvalue weighted by molar-refractivity contribution is -0.182. The number of rotatable bonds is 12. The molecule has 0 fully saturated rings. The van der Waals surface area contributed by atoms with Crippen LogP contribution in [0.1, 0.15) is 103 Å². The van der Waals surface area contributed by atoms with E-state index in [1.165, 1.54) is 0 Å². The highest BCUT2D eigenvalue weighted by Gasteiger charge is 2.41. The normalized spacial score (nSPS) is 14.5. The van der Waals surface area contributed by atoms with Crippen molar-refractivity contribution in [3.63, 3.8) is 0 Å². The van der Waals surface area contributed by atoms with Gasteiger partial charge in [-0.1, -0.05) is 6.92 Å². The molecule has 0 aliphatic carbocycles. The summed E-state index contributed by atoms with van der Waals surface area (Å²) in [5.74, 6) is -0.333. The van der Waals surface area contributed by atoms with E-state index in [0.717, 1.165) is 6.42 Å². The summed E-state index contributed by atoms with van der Waals surface area (Å²) in [6, 6.07) is 0. The highest BCUT2D eigenvalue weighted by Crippen LogP contribution is 2.31. The second kappa shape index (κ2) is 11.8. The molecule has 0 aromatic heterocycles. The molecule has 6 heteroatoms. The zero-order valence-corrected chi connectivity index (χ0v) is 24.2. The van der Waals surface area contributed by atoms with E-state index in [2.05, 4.69) is 6.92 Å². The second-order valence-corrected chi connectivity index (χ2v) is 13.6. The zero-order valence-electron chi connectivity index (χ0n) is 24.2. The van der Waals surface area contributed by atoms with Gasteiger partial charge in [-0.3, -0.25) is 4.79 Å². The number of carbonyl (C=O) groups is 1. The van der Waals surface area contributed by atoms with E-state index < -0.39 is 10.8 Å². The summed E-state index contributed by atoms with van der Waals surface area (Å²) in [4.78, 5) is 13.4. The molecule has 0 saturated heterocycles. The van der Waals surface area contributed by atoms with Crippen molar-refractivity contribution in [2.75, 3.05) is 33.0 Å². The minimum Gasteiger partial charge on any atom is -0.464 e. The molecule has 0 bridgehead atoms. The summed E-state index contributed by atoms with van der Waals surface area (Å²) in [5.41, 5.74) is -2.75. The van der Waals surface area contributed by atoms with Crippen LogP contribution in [-0.4, -0.2) is 61.4 Å². The van der Waals surface area contributed by atoms with E-state index >= 15 is 0 Å². The fourth-order valence-corrected chi connectivity index (χ4v) is 2.47. The Morgan fingerprint density at radius 3 is 1.09 bits per heavy atom. The first-order valence-electron chi connectivity index (χ1n) is 12.2. The molecule has 0 heterocycles. The standard InChI is InChI=1S/C27H54O6/c1-15-27(19-32-24(8,9)10,20-33-25(11,12)13)18-29-21(28)26(14,16-30-22(2,3)4)17-31-23(5,6)7/h15-20H2,1-14H3. The Labute approximate surface area is 204 Å². The lowest BCUT2D eigenvalue weighted by atomic mass is 9.86. The Hall–Kier alpha value is -0.690. The summed E-state index contributed by atoms with van der Waals surface area (Å²) in [5, 5.41) is 0. The van der Waals surface area contributed by atoms with Crippen LogP contribution in [0.4, 0.5) is 0 Å². The third-order valence-electron chi connectivity index (χ3n) is 5.02. The van der Waals surface area contributed by atoms with E-state index in [4.69, 9.17) is 23.7 Å². The average molecular weight is 475 g/mol. The number of ether oxygens (including phenoxy) is 5. The quantitative estimate of drug-likeness (QED) is 0.314. The molecule has 0 atom stereocenters.